The van der Waals surface area contributed by atoms with Crippen molar-refractivity contribution in [2.75, 3.05) is 13.1 Å². The Morgan fingerprint density at radius 3 is 2.90 bits per heavy atom. The van der Waals surface area contributed by atoms with Crippen LogP contribution in [0.1, 0.15) is 30.3 Å². The van der Waals surface area contributed by atoms with Crippen LogP contribution < -0.4 is 11.1 Å². The molecule has 2 fully saturated rings. The van der Waals surface area contributed by atoms with E-state index in [0.29, 0.717) is 18.4 Å². The van der Waals surface area contributed by atoms with Crippen LogP contribution in [0, 0.1) is 11.8 Å². The SMILES string of the molecule is CC(NC(=O)c1ccco1)C(=O)N1CC2CCC(N)C2C1. The predicted molar refractivity (Wildman–Crippen MR) is 76.4 cm³/mol. The molecule has 1 saturated heterocycles. The third-order valence-electron chi connectivity index (χ3n) is 4.69. The van der Waals surface area contributed by atoms with Crippen molar-refractivity contribution in [1.82, 2.24) is 10.2 Å². The number of rotatable bonds is 3. The van der Waals surface area contributed by atoms with Gasteiger partial charge in [0.2, 0.25) is 5.91 Å². The second-order valence-electron chi connectivity index (χ2n) is 6.08. The minimum atomic E-state index is -0.558. The summed E-state index contributed by atoms with van der Waals surface area (Å²) in [7, 11) is 0. The first-order chi connectivity index (χ1) is 10.1. The molecule has 0 radical (unpaired) electrons. The standard InChI is InChI=1S/C15H21N3O3/c1-9(17-14(19)13-3-2-6-21-13)15(20)18-7-10-4-5-12(16)11(10)8-18/h2-3,6,9-12H,4-5,7-8,16H2,1H3,(H,17,19). The van der Waals surface area contributed by atoms with Crippen LogP contribution in [0.2, 0.25) is 0 Å². The van der Waals surface area contributed by atoms with Crippen molar-refractivity contribution in [1.29, 1.82) is 0 Å². The topological polar surface area (TPSA) is 88.6 Å². The first-order valence-corrected chi connectivity index (χ1v) is 7.45. The highest BCUT2D eigenvalue weighted by Gasteiger charge is 2.43. The lowest BCUT2D eigenvalue weighted by Crippen LogP contribution is -2.46. The van der Waals surface area contributed by atoms with E-state index in [9.17, 15) is 9.59 Å². The van der Waals surface area contributed by atoms with E-state index in [-0.39, 0.29) is 23.6 Å². The molecule has 6 nitrogen and oxygen atoms in total. The molecule has 1 aliphatic carbocycles. The number of nitrogens with zero attached hydrogens (tertiary/aromatic N) is 1. The average molecular weight is 291 g/mol. The van der Waals surface area contributed by atoms with Gasteiger partial charge in [-0.05, 0) is 43.7 Å². The summed E-state index contributed by atoms with van der Waals surface area (Å²) in [6.45, 7) is 3.18. The van der Waals surface area contributed by atoms with E-state index in [1.54, 1.807) is 19.1 Å². The molecule has 2 aliphatic rings. The van der Waals surface area contributed by atoms with Gasteiger partial charge in [-0.3, -0.25) is 9.59 Å². The second-order valence-corrected chi connectivity index (χ2v) is 6.08. The van der Waals surface area contributed by atoms with Gasteiger partial charge in [0.05, 0.1) is 6.26 Å². The van der Waals surface area contributed by atoms with E-state index < -0.39 is 6.04 Å². The Morgan fingerprint density at radius 2 is 2.24 bits per heavy atom. The predicted octanol–water partition coefficient (Wildman–Crippen LogP) is 0.594. The van der Waals surface area contributed by atoms with E-state index >= 15 is 0 Å². The highest BCUT2D eigenvalue weighted by Crippen LogP contribution is 2.37. The van der Waals surface area contributed by atoms with Crippen molar-refractivity contribution in [3.63, 3.8) is 0 Å². The first-order valence-electron chi connectivity index (χ1n) is 7.45. The Hall–Kier alpha value is -1.82. The molecule has 1 aromatic heterocycles. The number of nitrogens with two attached hydrogens (primary N) is 1. The van der Waals surface area contributed by atoms with E-state index in [1.807, 2.05) is 4.90 Å². The summed E-state index contributed by atoms with van der Waals surface area (Å²) in [6.07, 6.45) is 3.59. The van der Waals surface area contributed by atoms with E-state index in [1.165, 1.54) is 6.26 Å². The van der Waals surface area contributed by atoms with Gasteiger partial charge in [0.15, 0.2) is 5.76 Å². The van der Waals surface area contributed by atoms with Gasteiger partial charge in [-0.15, -0.1) is 0 Å². The molecule has 1 saturated carbocycles. The second kappa shape index (κ2) is 5.52. The lowest BCUT2D eigenvalue weighted by Gasteiger charge is -2.23. The largest absolute Gasteiger partial charge is 0.459 e. The molecule has 0 aromatic carbocycles. The number of hydrogen-bond acceptors (Lipinski definition) is 4. The molecule has 21 heavy (non-hydrogen) atoms. The van der Waals surface area contributed by atoms with Crippen LogP contribution in [0.15, 0.2) is 22.8 Å². The Morgan fingerprint density at radius 1 is 1.43 bits per heavy atom. The van der Waals surface area contributed by atoms with Gasteiger partial charge >= 0.3 is 0 Å². The van der Waals surface area contributed by atoms with Gasteiger partial charge in [-0.1, -0.05) is 0 Å². The molecule has 1 aliphatic heterocycles. The Kier molecular flexibility index (Phi) is 3.71. The zero-order valence-corrected chi connectivity index (χ0v) is 12.1. The summed E-state index contributed by atoms with van der Waals surface area (Å²) in [6, 6.07) is 2.87. The minimum Gasteiger partial charge on any atom is -0.459 e. The molecular formula is C15H21N3O3. The molecule has 1 aromatic rings. The van der Waals surface area contributed by atoms with Crippen LogP contribution in [0.4, 0.5) is 0 Å². The van der Waals surface area contributed by atoms with Gasteiger partial charge in [-0.25, -0.2) is 0 Å². The third kappa shape index (κ3) is 2.68. The summed E-state index contributed by atoms with van der Waals surface area (Å²) in [5.41, 5.74) is 6.08. The van der Waals surface area contributed by atoms with Crippen LogP contribution in [0.5, 0.6) is 0 Å². The molecule has 3 N–H and O–H groups in total. The molecule has 4 atom stereocenters. The monoisotopic (exact) mass is 291 g/mol. The van der Waals surface area contributed by atoms with Gasteiger partial charge in [0.25, 0.3) is 5.91 Å². The van der Waals surface area contributed by atoms with Crippen LogP contribution in [0.25, 0.3) is 0 Å². The van der Waals surface area contributed by atoms with Crippen molar-refractivity contribution in [2.45, 2.75) is 31.8 Å². The van der Waals surface area contributed by atoms with Gasteiger partial charge in [0.1, 0.15) is 6.04 Å². The maximum atomic E-state index is 12.4. The summed E-state index contributed by atoms with van der Waals surface area (Å²) >= 11 is 0. The number of nitrogens with one attached hydrogen (secondary N) is 1. The number of hydrogen-bond donors (Lipinski definition) is 2. The lowest BCUT2D eigenvalue weighted by molar-refractivity contribution is -0.132. The molecule has 2 heterocycles. The van der Waals surface area contributed by atoms with Crippen LogP contribution >= 0.6 is 0 Å². The van der Waals surface area contributed by atoms with Crippen LogP contribution in [-0.4, -0.2) is 41.9 Å². The smallest absolute Gasteiger partial charge is 0.287 e. The minimum absolute atomic E-state index is 0.0449. The summed E-state index contributed by atoms with van der Waals surface area (Å²) in [5, 5.41) is 2.68. The maximum absolute atomic E-state index is 12.4. The van der Waals surface area contributed by atoms with Gasteiger partial charge in [-0.2, -0.15) is 0 Å². The van der Waals surface area contributed by atoms with E-state index in [0.717, 1.165) is 19.4 Å². The first kappa shape index (κ1) is 14.1. The Labute approximate surface area is 123 Å². The molecule has 2 amide bonds. The molecule has 3 rings (SSSR count). The molecule has 0 spiro atoms. The number of furan rings is 1. The average Bonchev–Trinajstić information content (AvgIpc) is 3.16. The van der Waals surface area contributed by atoms with Gasteiger partial charge in [0, 0.05) is 19.1 Å². The summed E-state index contributed by atoms with van der Waals surface area (Å²) in [5.74, 6) is 0.752. The normalized spacial score (nSPS) is 29.2. The zero-order valence-electron chi connectivity index (χ0n) is 12.1. The van der Waals surface area contributed by atoms with Crippen molar-refractivity contribution < 1.29 is 14.0 Å². The van der Waals surface area contributed by atoms with E-state index in [4.69, 9.17) is 10.2 Å². The van der Waals surface area contributed by atoms with Crippen molar-refractivity contribution in [2.24, 2.45) is 17.6 Å². The highest BCUT2D eigenvalue weighted by molar-refractivity contribution is 5.95. The highest BCUT2D eigenvalue weighted by atomic mass is 16.3. The number of amides is 2. The number of carbonyl (C=O) groups excluding carboxylic acids is 2. The Balaban J connectivity index is 1.57. The van der Waals surface area contributed by atoms with Crippen LogP contribution in [-0.2, 0) is 4.79 Å². The molecule has 114 valence electrons. The lowest BCUT2D eigenvalue weighted by atomic mass is 9.98. The summed E-state index contributed by atoms with van der Waals surface area (Å²) in [4.78, 5) is 26.2. The zero-order chi connectivity index (χ0) is 15.0. The van der Waals surface area contributed by atoms with Crippen LogP contribution in [0.3, 0.4) is 0 Å². The fourth-order valence-electron chi connectivity index (χ4n) is 3.50. The fraction of sp³-hybridized carbons (Fsp3) is 0.600. The maximum Gasteiger partial charge on any atom is 0.287 e. The number of likely N-dealkylation sites (tertiary alicyclic amines) is 1. The number of carbonyl (C=O) groups is 2. The molecule has 6 heteroatoms. The fourth-order valence-corrected chi connectivity index (χ4v) is 3.50. The van der Waals surface area contributed by atoms with Crippen molar-refractivity contribution >= 4 is 11.8 Å². The van der Waals surface area contributed by atoms with Crippen molar-refractivity contribution in [3.05, 3.63) is 24.2 Å². The quantitative estimate of drug-likeness (QED) is 0.853. The Bertz CT molecular complexity index is 528. The van der Waals surface area contributed by atoms with E-state index in [2.05, 4.69) is 5.32 Å². The third-order valence-corrected chi connectivity index (χ3v) is 4.69. The molecule has 0 bridgehead atoms. The molecular weight excluding hydrogens is 270 g/mol. The summed E-state index contributed by atoms with van der Waals surface area (Å²) < 4.78 is 5.02. The number of fused-ring (bicyclic) bond motifs is 1. The van der Waals surface area contributed by atoms with Crippen molar-refractivity contribution in [3.8, 4) is 0 Å². The van der Waals surface area contributed by atoms with Gasteiger partial charge < -0.3 is 20.4 Å². The molecule has 4 unspecified atom stereocenters.